The van der Waals surface area contributed by atoms with E-state index in [-0.39, 0.29) is 61.1 Å². The van der Waals surface area contributed by atoms with E-state index < -0.39 is 55.5 Å². The number of rotatable bonds is 6. The van der Waals surface area contributed by atoms with Gasteiger partial charge < -0.3 is 15.4 Å². The van der Waals surface area contributed by atoms with Crippen molar-refractivity contribution >= 4 is 31.7 Å². The first kappa shape index (κ1) is 30.0. The van der Waals surface area contributed by atoms with E-state index in [9.17, 15) is 39.6 Å². The van der Waals surface area contributed by atoms with Gasteiger partial charge in [-0.25, -0.2) is 21.6 Å². The summed E-state index contributed by atoms with van der Waals surface area (Å²) in [6, 6.07) is 11.4. The number of nitrogens with two attached hydrogens (primary N) is 1. The fourth-order valence-electron chi connectivity index (χ4n) is 4.90. The summed E-state index contributed by atoms with van der Waals surface area (Å²) < 4.78 is 95.7. The smallest absolute Gasteiger partial charge is 0.420 e. The average molecular weight is 604 g/mol. The van der Waals surface area contributed by atoms with Crippen LogP contribution in [-0.4, -0.2) is 81.8 Å². The summed E-state index contributed by atoms with van der Waals surface area (Å²) in [7, 11) is -7.48. The van der Waals surface area contributed by atoms with E-state index in [4.69, 9.17) is 5.73 Å². The molecule has 4 rings (SSSR count). The Morgan fingerprint density at radius 2 is 1.70 bits per heavy atom. The van der Waals surface area contributed by atoms with E-state index in [1.54, 1.807) is 6.07 Å². The van der Waals surface area contributed by atoms with Crippen LogP contribution in [0.3, 0.4) is 0 Å². The van der Waals surface area contributed by atoms with Gasteiger partial charge in [0.2, 0.25) is 15.9 Å². The van der Waals surface area contributed by atoms with Crippen molar-refractivity contribution in [2.75, 3.05) is 37.7 Å². The molecule has 1 amide bonds. The van der Waals surface area contributed by atoms with Crippen LogP contribution >= 0.6 is 0 Å². The Morgan fingerprint density at radius 3 is 2.35 bits per heavy atom. The summed E-state index contributed by atoms with van der Waals surface area (Å²) in [4.78, 5) is 26.4. The van der Waals surface area contributed by atoms with Crippen molar-refractivity contribution < 1.29 is 44.3 Å². The first-order valence-corrected chi connectivity index (χ1v) is 15.6. The van der Waals surface area contributed by atoms with Crippen LogP contribution in [0, 0.1) is 5.92 Å². The number of nitrogens with zero attached hydrogens (tertiary/aromatic N) is 2. The number of hydrogen-bond donors (Lipinski definition) is 1. The molecule has 218 valence electrons. The van der Waals surface area contributed by atoms with E-state index in [2.05, 4.69) is 4.74 Å². The molecular weight excluding hydrogens is 575 g/mol. The SMILES string of the molecule is NCc1cccc(S(=O)(=O)N2C[C@@H](C(=O)N3CCS(=O)(=O)CC3)C[C@@H](c3ccccc3OC(=O)C(F)(F)F)C2)c1. The zero-order chi connectivity index (χ0) is 29.3. The molecule has 0 spiro atoms. The standard InChI is InChI=1S/C25H28F3N3O7S2/c26-25(27,28)24(33)38-22-7-2-1-6-21(22)18-13-19(23(32)30-8-10-39(34,35)11-9-30)16-31(15-18)40(36,37)20-5-3-4-17(12-20)14-29/h1-7,12,18-19H,8-11,13-16,29H2/t18-,19+/m1/s1. The van der Waals surface area contributed by atoms with E-state index in [0.29, 0.717) is 5.56 Å². The number of ether oxygens (including phenoxy) is 1. The van der Waals surface area contributed by atoms with Crippen LogP contribution in [0.4, 0.5) is 13.2 Å². The number of halogens is 3. The Morgan fingerprint density at radius 1 is 1.02 bits per heavy atom. The Bertz CT molecular complexity index is 1480. The Labute approximate surface area is 229 Å². The summed E-state index contributed by atoms with van der Waals surface area (Å²) in [6.07, 6.45) is -5.21. The molecule has 0 unspecified atom stereocenters. The molecule has 0 radical (unpaired) electrons. The summed E-state index contributed by atoms with van der Waals surface area (Å²) in [5, 5.41) is 0. The van der Waals surface area contributed by atoms with Crippen LogP contribution < -0.4 is 10.5 Å². The van der Waals surface area contributed by atoms with Crippen molar-refractivity contribution in [1.29, 1.82) is 0 Å². The maximum atomic E-state index is 13.7. The van der Waals surface area contributed by atoms with Crippen molar-refractivity contribution in [3.8, 4) is 5.75 Å². The van der Waals surface area contributed by atoms with Gasteiger partial charge in [0.15, 0.2) is 9.84 Å². The number of hydrogen-bond acceptors (Lipinski definition) is 8. The number of alkyl halides is 3. The number of piperidine rings is 1. The number of esters is 1. The third-order valence-corrected chi connectivity index (χ3v) is 10.4. The van der Waals surface area contributed by atoms with Crippen LogP contribution in [0.5, 0.6) is 5.75 Å². The molecule has 10 nitrogen and oxygen atoms in total. The van der Waals surface area contributed by atoms with E-state index in [1.165, 1.54) is 47.4 Å². The Hall–Kier alpha value is -3.01. The second-order valence-electron chi connectivity index (χ2n) is 9.71. The Kier molecular flexibility index (Phi) is 8.59. The van der Waals surface area contributed by atoms with Gasteiger partial charge in [-0.2, -0.15) is 17.5 Å². The minimum Gasteiger partial charge on any atom is -0.420 e. The molecular formula is C25H28F3N3O7S2. The largest absolute Gasteiger partial charge is 0.491 e. The molecule has 2 aliphatic rings. The highest BCUT2D eigenvalue weighted by molar-refractivity contribution is 7.91. The molecule has 2 saturated heterocycles. The molecule has 2 atom stereocenters. The lowest BCUT2D eigenvalue weighted by atomic mass is 9.84. The predicted octanol–water partition coefficient (Wildman–Crippen LogP) is 1.66. The fourth-order valence-corrected chi connectivity index (χ4v) is 7.70. The zero-order valence-corrected chi connectivity index (χ0v) is 22.8. The predicted molar refractivity (Wildman–Crippen MR) is 137 cm³/mol. The monoisotopic (exact) mass is 603 g/mol. The van der Waals surface area contributed by atoms with Crippen LogP contribution in [-0.2, 0) is 36.0 Å². The molecule has 2 aliphatic heterocycles. The molecule has 0 aromatic heterocycles. The average Bonchev–Trinajstić information content (AvgIpc) is 2.92. The van der Waals surface area contributed by atoms with E-state index >= 15 is 0 Å². The van der Waals surface area contributed by atoms with Crippen LogP contribution in [0.15, 0.2) is 53.4 Å². The van der Waals surface area contributed by atoms with Crippen LogP contribution in [0.1, 0.15) is 23.5 Å². The highest BCUT2D eigenvalue weighted by Gasteiger charge is 2.44. The van der Waals surface area contributed by atoms with Gasteiger partial charge in [-0.1, -0.05) is 30.3 Å². The molecule has 0 saturated carbocycles. The summed E-state index contributed by atoms with van der Waals surface area (Å²) in [5.74, 6) is -5.48. The van der Waals surface area contributed by atoms with Gasteiger partial charge in [0.1, 0.15) is 5.75 Å². The molecule has 2 fully saturated rings. The zero-order valence-electron chi connectivity index (χ0n) is 21.2. The molecule has 2 aromatic carbocycles. The molecule has 40 heavy (non-hydrogen) atoms. The van der Waals surface area contributed by atoms with Crippen molar-refractivity contribution in [2.24, 2.45) is 11.7 Å². The molecule has 2 heterocycles. The lowest BCUT2D eigenvalue weighted by Gasteiger charge is -2.39. The van der Waals surface area contributed by atoms with Crippen molar-refractivity contribution in [1.82, 2.24) is 9.21 Å². The molecule has 2 N–H and O–H groups in total. The van der Waals surface area contributed by atoms with Gasteiger partial charge in [-0.05, 0) is 35.7 Å². The van der Waals surface area contributed by atoms with E-state index in [1.807, 2.05) is 0 Å². The minimum atomic E-state index is -5.25. The fraction of sp³-hybridized carbons (Fsp3) is 0.440. The first-order valence-electron chi connectivity index (χ1n) is 12.4. The summed E-state index contributed by atoms with van der Waals surface area (Å²) in [5.41, 5.74) is 6.36. The third-order valence-electron chi connectivity index (χ3n) is 6.99. The quantitative estimate of drug-likeness (QED) is 0.388. The molecule has 15 heteroatoms. The number of para-hydroxylation sites is 1. The second kappa shape index (κ2) is 11.5. The van der Waals surface area contributed by atoms with Gasteiger partial charge in [0.05, 0.1) is 22.3 Å². The van der Waals surface area contributed by atoms with Crippen LogP contribution in [0.2, 0.25) is 0 Å². The molecule has 2 aromatic rings. The Balaban J connectivity index is 1.70. The normalized spacial score (nSPS) is 22.1. The third kappa shape index (κ3) is 6.65. The molecule has 0 bridgehead atoms. The van der Waals surface area contributed by atoms with Gasteiger partial charge in [0.25, 0.3) is 0 Å². The van der Waals surface area contributed by atoms with Crippen LogP contribution in [0.25, 0.3) is 0 Å². The number of carbonyl (C=O) groups is 2. The topological polar surface area (TPSA) is 144 Å². The maximum Gasteiger partial charge on any atom is 0.491 e. The first-order chi connectivity index (χ1) is 18.7. The number of carbonyl (C=O) groups excluding carboxylic acids is 2. The summed E-state index contributed by atoms with van der Waals surface area (Å²) in [6.45, 7) is -0.435. The van der Waals surface area contributed by atoms with Gasteiger partial charge >= 0.3 is 12.1 Å². The highest BCUT2D eigenvalue weighted by atomic mass is 32.2. The highest BCUT2D eigenvalue weighted by Crippen LogP contribution is 2.38. The summed E-state index contributed by atoms with van der Waals surface area (Å²) >= 11 is 0. The van der Waals surface area contributed by atoms with E-state index in [0.717, 1.165) is 4.31 Å². The van der Waals surface area contributed by atoms with Crippen molar-refractivity contribution in [3.63, 3.8) is 0 Å². The number of sulfonamides is 1. The van der Waals surface area contributed by atoms with Gasteiger partial charge in [0, 0.05) is 38.6 Å². The number of amides is 1. The lowest BCUT2D eigenvalue weighted by Crippen LogP contribution is -2.52. The molecule has 0 aliphatic carbocycles. The maximum absolute atomic E-state index is 13.7. The van der Waals surface area contributed by atoms with Crippen molar-refractivity contribution in [3.05, 3.63) is 59.7 Å². The second-order valence-corrected chi connectivity index (χ2v) is 13.9. The van der Waals surface area contributed by atoms with Gasteiger partial charge in [-0.15, -0.1) is 0 Å². The number of sulfone groups is 1. The lowest BCUT2D eigenvalue weighted by molar-refractivity contribution is -0.189. The van der Waals surface area contributed by atoms with Crippen molar-refractivity contribution in [2.45, 2.75) is 30.0 Å². The minimum absolute atomic E-state index is 0.0392. The van der Waals surface area contributed by atoms with Gasteiger partial charge in [-0.3, -0.25) is 4.79 Å². The number of benzene rings is 2.